The Morgan fingerprint density at radius 2 is 2.13 bits per heavy atom. The van der Waals surface area contributed by atoms with Gasteiger partial charge in [-0.3, -0.25) is 15.1 Å². The third-order valence-electron chi connectivity index (χ3n) is 3.01. The zero-order valence-corrected chi connectivity index (χ0v) is 12.5. The summed E-state index contributed by atoms with van der Waals surface area (Å²) in [5.41, 5.74) is 1.72. The first-order valence-corrected chi connectivity index (χ1v) is 7.04. The van der Waals surface area contributed by atoms with E-state index in [-0.39, 0.29) is 18.5 Å². The van der Waals surface area contributed by atoms with Crippen LogP contribution in [0.25, 0.3) is 11.5 Å². The van der Waals surface area contributed by atoms with Gasteiger partial charge in [0.05, 0.1) is 0 Å². The number of carbonyl (C=O) groups is 1. The van der Waals surface area contributed by atoms with E-state index in [1.165, 1.54) is 0 Å². The second-order valence-electron chi connectivity index (χ2n) is 4.89. The van der Waals surface area contributed by atoms with Crippen LogP contribution in [0.1, 0.15) is 5.56 Å². The van der Waals surface area contributed by atoms with E-state index in [0.717, 1.165) is 5.56 Å². The van der Waals surface area contributed by atoms with Crippen LogP contribution >= 0.6 is 0 Å². The van der Waals surface area contributed by atoms with Crippen molar-refractivity contribution in [3.63, 3.8) is 0 Å². The maximum Gasteiger partial charge on any atom is 0.264 e. The van der Waals surface area contributed by atoms with Crippen molar-refractivity contribution in [2.45, 2.75) is 6.92 Å². The average molecular weight is 309 g/mol. The summed E-state index contributed by atoms with van der Waals surface area (Å²) >= 11 is 0. The van der Waals surface area contributed by atoms with Crippen molar-refractivity contribution >= 4 is 11.9 Å². The fourth-order valence-electron chi connectivity index (χ4n) is 1.96. The zero-order valence-electron chi connectivity index (χ0n) is 12.5. The van der Waals surface area contributed by atoms with Gasteiger partial charge in [0.2, 0.25) is 5.95 Å². The van der Waals surface area contributed by atoms with E-state index >= 15 is 0 Å². The smallest absolute Gasteiger partial charge is 0.264 e. The number of ether oxygens (including phenoxy) is 1. The number of aryl methyl sites for hydroxylation is 1. The van der Waals surface area contributed by atoms with Gasteiger partial charge < -0.3 is 9.72 Å². The molecule has 3 aromatic rings. The van der Waals surface area contributed by atoms with Crippen molar-refractivity contribution in [3.8, 4) is 17.3 Å². The third kappa shape index (κ3) is 3.91. The van der Waals surface area contributed by atoms with E-state index in [0.29, 0.717) is 17.3 Å². The second kappa shape index (κ2) is 6.69. The van der Waals surface area contributed by atoms with Gasteiger partial charge in [-0.15, -0.1) is 10.2 Å². The van der Waals surface area contributed by atoms with Gasteiger partial charge >= 0.3 is 0 Å². The molecule has 2 heterocycles. The minimum Gasteiger partial charge on any atom is -0.484 e. The summed E-state index contributed by atoms with van der Waals surface area (Å²) in [5, 5.41) is 10.4. The van der Waals surface area contributed by atoms with Crippen LogP contribution in [0.5, 0.6) is 5.75 Å². The van der Waals surface area contributed by atoms with Crippen LogP contribution in [0.3, 0.4) is 0 Å². The number of nitrogens with one attached hydrogen (secondary N) is 2. The van der Waals surface area contributed by atoms with E-state index < -0.39 is 0 Å². The molecule has 0 saturated heterocycles. The maximum atomic E-state index is 11.9. The minimum atomic E-state index is -0.324. The maximum absolute atomic E-state index is 11.9. The summed E-state index contributed by atoms with van der Waals surface area (Å²) in [5.74, 6) is 1.06. The molecule has 2 N–H and O–H groups in total. The number of benzene rings is 1. The lowest BCUT2D eigenvalue weighted by Crippen LogP contribution is -2.20. The van der Waals surface area contributed by atoms with Crippen LogP contribution in [0.15, 0.2) is 48.7 Å². The molecular formula is C16H15N5O2. The number of pyridine rings is 1. The molecule has 0 spiro atoms. The Morgan fingerprint density at radius 3 is 2.91 bits per heavy atom. The largest absolute Gasteiger partial charge is 0.484 e. The predicted molar refractivity (Wildman–Crippen MR) is 84.9 cm³/mol. The molecule has 0 atom stereocenters. The quantitative estimate of drug-likeness (QED) is 0.753. The molecule has 0 aliphatic heterocycles. The average Bonchev–Trinajstić information content (AvgIpc) is 3.02. The third-order valence-corrected chi connectivity index (χ3v) is 3.01. The van der Waals surface area contributed by atoms with Crippen LogP contribution in [0.4, 0.5) is 5.95 Å². The predicted octanol–water partition coefficient (Wildman–Crippen LogP) is 2.19. The zero-order chi connectivity index (χ0) is 16.1. The second-order valence-corrected chi connectivity index (χ2v) is 4.89. The number of amides is 1. The molecule has 1 aromatic carbocycles. The molecule has 0 saturated carbocycles. The lowest BCUT2D eigenvalue weighted by atomic mass is 10.2. The van der Waals surface area contributed by atoms with E-state index in [2.05, 4.69) is 25.5 Å². The lowest BCUT2D eigenvalue weighted by molar-refractivity contribution is -0.118. The fraction of sp³-hybridized carbons (Fsp3) is 0.125. The van der Waals surface area contributed by atoms with Gasteiger partial charge in [0, 0.05) is 6.20 Å². The molecule has 7 nitrogen and oxygen atoms in total. The first-order chi connectivity index (χ1) is 11.2. The molecule has 0 bridgehead atoms. The Kier molecular flexibility index (Phi) is 4.28. The summed E-state index contributed by atoms with van der Waals surface area (Å²) < 4.78 is 5.43. The molecule has 2 aromatic heterocycles. The van der Waals surface area contributed by atoms with Gasteiger partial charge in [0.15, 0.2) is 12.4 Å². The van der Waals surface area contributed by atoms with Gasteiger partial charge in [-0.2, -0.15) is 0 Å². The van der Waals surface area contributed by atoms with Gasteiger partial charge in [-0.25, -0.2) is 0 Å². The number of H-pyrrole nitrogens is 1. The van der Waals surface area contributed by atoms with Crippen molar-refractivity contribution in [1.82, 2.24) is 20.2 Å². The number of hydrogen-bond acceptors (Lipinski definition) is 5. The minimum absolute atomic E-state index is 0.108. The van der Waals surface area contributed by atoms with E-state index in [9.17, 15) is 4.79 Å². The molecule has 0 unspecified atom stereocenters. The van der Waals surface area contributed by atoms with E-state index in [1.807, 2.05) is 37.3 Å². The summed E-state index contributed by atoms with van der Waals surface area (Å²) in [6.45, 7) is 1.85. The lowest BCUT2D eigenvalue weighted by Gasteiger charge is -2.06. The molecule has 0 aliphatic rings. The van der Waals surface area contributed by atoms with E-state index in [4.69, 9.17) is 4.74 Å². The highest BCUT2D eigenvalue weighted by atomic mass is 16.5. The van der Waals surface area contributed by atoms with E-state index in [1.54, 1.807) is 18.3 Å². The molecular weight excluding hydrogens is 294 g/mol. The van der Waals surface area contributed by atoms with Crippen molar-refractivity contribution in [1.29, 1.82) is 0 Å². The van der Waals surface area contributed by atoms with Gasteiger partial charge in [0.25, 0.3) is 5.91 Å². The molecule has 3 rings (SSSR count). The van der Waals surface area contributed by atoms with Crippen molar-refractivity contribution in [3.05, 3.63) is 54.2 Å². The number of hydrogen-bond donors (Lipinski definition) is 2. The Bertz CT molecular complexity index is 801. The Morgan fingerprint density at radius 1 is 1.22 bits per heavy atom. The highest BCUT2D eigenvalue weighted by molar-refractivity contribution is 5.90. The SMILES string of the molecule is Cc1cccc(OCC(=O)Nc2nnc(-c3ccccn3)[nH]2)c1. The number of anilines is 1. The van der Waals surface area contributed by atoms with Crippen molar-refractivity contribution in [2.75, 3.05) is 11.9 Å². The summed E-state index contributed by atoms with van der Waals surface area (Å²) in [6.07, 6.45) is 1.66. The van der Waals surface area contributed by atoms with Crippen molar-refractivity contribution < 1.29 is 9.53 Å². The van der Waals surface area contributed by atoms with Crippen LogP contribution < -0.4 is 10.1 Å². The molecule has 0 fully saturated rings. The highest BCUT2D eigenvalue weighted by Crippen LogP contribution is 2.13. The first kappa shape index (κ1) is 14.7. The molecule has 23 heavy (non-hydrogen) atoms. The normalized spacial score (nSPS) is 10.3. The number of rotatable bonds is 5. The first-order valence-electron chi connectivity index (χ1n) is 7.04. The molecule has 116 valence electrons. The molecule has 7 heteroatoms. The van der Waals surface area contributed by atoms with Crippen molar-refractivity contribution in [2.24, 2.45) is 0 Å². The highest BCUT2D eigenvalue weighted by Gasteiger charge is 2.09. The van der Waals surface area contributed by atoms with Crippen LogP contribution in [0, 0.1) is 6.92 Å². The number of carbonyl (C=O) groups excluding carboxylic acids is 1. The number of nitrogens with zero attached hydrogens (tertiary/aromatic N) is 3. The Balaban J connectivity index is 1.57. The van der Waals surface area contributed by atoms with Gasteiger partial charge in [-0.1, -0.05) is 18.2 Å². The monoisotopic (exact) mass is 309 g/mol. The summed E-state index contributed by atoms with van der Waals surface area (Å²) in [4.78, 5) is 18.9. The number of aromatic nitrogens is 4. The Labute approximate surface area is 132 Å². The van der Waals surface area contributed by atoms with Gasteiger partial charge in [-0.05, 0) is 36.8 Å². The summed E-state index contributed by atoms with van der Waals surface area (Å²) in [7, 11) is 0. The Hall–Kier alpha value is -3.22. The summed E-state index contributed by atoms with van der Waals surface area (Å²) in [6, 6.07) is 12.9. The standard InChI is InChI=1S/C16H15N5O2/c1-11-5-4-6-12(9-11)23-10-14(22)18-16-19-15(20-21-16)13-7-2-3-8-17-13/h2-9H,10H2,1H3,(H2,18,19,20,21,22). The van der Waals surface area contributed by atoms with Crippen LogP contribution in [-0.2, 0) is 4.79 Å². The number of aromatic amines is 1. The fourth-order valence-corrected chi connectivity index (χ4v) is 1.96. The topological polar surface area (TPSA) is 92.8 Å². The van der Waals surface area contributed by atoms with Crippen LogP contribution in [-0.4, -0.2) is 32.7 Å². The molecule has 1 amide bonds. The van der Waals surface area contributed by atoms with Crippen LogP contribution in [0.2, 0.25) is 0 Å². The molecule has 0 aliphatic carbocycles. The van der Waals surface area contributed by atoms with Gasteiger partial charge in [0.1, 0.15) is 11.4 Å². The molecule has 0 radical (unpaired) electrons.